The van der Waals surface area contributed by atoms with Crippen LogP contribution >= 0.6 is 11.3 Å². The molecule has 1 aromatic heterocycles. The van der Waals surface area contributed by atoms with E-state index in [1.54, 1.807) is 11.3 Å². The van der Waals surface area contributed by atoms with Gasteiger partial charge in [-0.15, -0.1) is 0 Å². The fourth-order valence-electron chi connectivity index (χ4n) is 2.60. The van der Waals surface area contributed by atoms with Gasteiger partial charge in [-0.05, 0) is 52.4 Å². The summed E-state index contributed by atoms with van der Waals surface area (Å²) in [6.07, 6.45) is 1.82. The number of hydrogen-bond acceptors (Lipinski definition) is 3. The summed E-state index contributed by atoms with van der Waals surface area (Å²) in [6, 6.07) is 8.33. The van der Waals surface area contributed by atoms with Crippen molar-refractivity contribution in [1.82, 2.24) is 0 Å². The van der Waals surface area contributed by atoms with Crippen molar-refractivity contribution in [1.29, 1.82) is 0 Å². The minimum Gasteiger partial charge on any atom is -0.384 e. The van der Waals surface area contributed by atoms with Crippen LogP contribution in [0, 0.1) is 0 Å². The van der Waals surface area contributed by atoms with Gasteiger partial charge >= 0.3 is 0 Å². The zero-order chi connectivity index (χ0) is 12.5. The van der Waals surface area contributed by atoms with Crippen LogP contribution in [0.25, 0.3) is 0 Å². The molecule has 0 bridgehead atoms. The van der Waals surface area contributed by atoms with Gasteiger partial charge in [0.05, 0.1) is 0 Å². The summed E-state index contributed by atoms with van der Waals surface area (Å²) in [5.74, 6) is 0. The lowest BCUT2D eigenvalue weighted by Gasteiger charge is -2.28. The number of thiophene rings is 1. The SMILES string of the molecule is CN1CCCc2cc(C(O)c3ccsc3)ccc21. The zero-order valence-electron chi connectivity index (χ0n) is 10.5. The van der Waals surface area contributed by atoms with Crippen LogP contribution in [0.5, 0.6) is 0 Å². The van der Waals surface area contributed by atoms with Gasteiger partial charge < -0.3 is 10.0 Å². The number of aryl methyl sites for hydroxylation is 1. The molecule has 0 saturated heterocycles. The average molecular weight is 259 g/mol. The van der Waals surface area contributed by atoms with Gasteiger partial charge in [-0.25, -0.2) is 0 Å². The lowest BCUT2D eigenvalue weighted by atomic mass is 9.96. The van der Waals surface area contributed by atoms with Gasteiger partial charge in [0.2, 0.25) is 0 Å². The third-order valence-corrected chi connectivity index (χ3v) is 4.33. The van der Waals surface area contributed by atoms with Crippen molar-refractivity contribution in [3.8, 4) is 0 Å². The summed E-state index contributed by atoms with van der Waals surface area (Å²) < 4.78 is 0. The van der Waals surface area contributed by atoms with Crippen LogP contribution in [0.3, 0.4) is 0 Å². The van der Waals surface area contributed by atoms with Crippen LogP contribution in [0.15, 0.2) is 35.0 Å². The van der Waals surface area contributed by atoms with E-state index in [4.69, 9.17) is 0 Å². The van der Waals surface area contributed by atoms with E-state index in [0.717, 1.165) is 24.1 Å². The van der Waals surface area contributed by atoms with Crippen molar-refractivity contribution in [3.05, 3.63) is 51.7 Å². The first kappa shape index (κ1) is 11.8. The number of rotatable bonds is 2. The number of benzene rings is 1. The molecular formula is C15H17NOS. The topological polar surface area (TPSA) is 23.5 Å². The van der Waals surface area contributed by atoms with E-state index < -0.39 is 6.10 Å². The van der Waals surface area contributed by atoms with Crippen LogP contribution in [0.2, 0.25) is 0 Å². The van der Waals surface area contributed by atoms with Crippen LogP contribution in [-0.2, 0) is 6.42 Å². The Morgan fingerprint density at radius 3 is 2.94 bits per heavy atom. The Morgan fingerprint density at radius 2 is 2.17 bits per heavy atom. The fourth-order valence-corrected chi connectivity index (χ4v) is 3.28. The van der Waals surface area contributed by atoms with Crippen LogP contribution < -0.4 is 4.90 Å². The molecule has 0 radical (unpaired) electrons. The second kappa shape index (κ2) is 4.75. The van der Waals surface area contributed by atoms with Crippen LogP contribution in [-0.4, -0.2) is 18.7 Å². The molecule has 1 unspecified atom stereocenters. The summed E-state index contributed by atoms with van der Waals surface area (Å²) in [4.78, 5) is 2.29. The number of anilines is 1. The number of aliphatic hydroxyl groups is 1. The maximum Gasteiger partial charge on any atom is 0.105 e. The lowest BCUT2D eigenvalue weighted by molar-refractivity contribution is 0.220. The molecule has 3 heteroatoms. The van der Waals surface area contributed by atoms with Crippen LogP contribution in [0.4, 0.5) is 5.69 Å². The highest BCUT2D eigenvalue weighted by Crippen LogP contribution is 2.31. The van der Waals surface area contributed by atoms with Crippen LogP contribution in [0.1, 0.15) is 29.2 Å². The maximum atomic E-state index is 10.3. The Labute approximate surface area is 112 Å². The minimum absolute atomic E-state index is 0.492. The largest absolute Gasteiger partial charge is 0.384 e. The molecule has 0 fully saturated rings. The maximum absolute atomic E-state index is 10.3. The Bertz CT molecular complexity index is 535. The molecular weight excluding hydrogens is 242 g/mol. The first-order chi connectivity index (χ1) is 8.75. The number of hydrogen-bond donors (Lipinski definition) is 1. The van der Waals surface area contributed by atoms with Crippen molar-refractivity contribution < 1.29 is 5.11 Å². The minimum atomic E-state index is -0.492. The van der Waals surface area contributed by atoms with Gasteiger partial charge in [-0.2, -0.15) is 11.3 Å². The molecule has 3 rings (SSSR count). The standard InChI is InChI=1S/C15H17NOS/c1-16-7-2-3-11-9-12(4-5-14(11)16)15(17)13-6-8-18-10-13/h4-6,8-10,15,17H,2-3,7H2,1H3. The monoisotopic (exact) mass is 259 g/mol. The molecule has 1 aromatic carbocycles. The summed E-state index contributed by atoms with van der Waals surface area (Å²) in [5, 5.41) is 14.4. The van der Waals surface area contributed by atoms with Gasteiger partial charge in [-0.3, -0.25) is 0 Å². The molecule has 94 valence electrons. The van der Waals surface area contributed by atoms with Gasteiger partial charge in [-0.1, -0.05) is 12.1 Å². The molecule has 2 aromatic rings. The second-order valence-corrected chi connectivity index (χ2v) is 5.65. The third kappa shape index (κ3) is 2.04. The Balaban J connectivity index is 1.95. The van der Waals surface area contributed by atoms with Crippen molar-refractivity contribution in [3.63, 3.8) is 0 Å². The van der Waals surface area contributed by atoms with Crippen molar-refractivity contribution in [2.45, 2.75) is 18.9 Å². The number of nitrogens with zero attached hydrogens (tertiary/aromatic N) is 1. The summed E-state index contributed by atoms with van der Waals surface area (Å²) in [5.41, 5.74) is 4.66. The summed E-state index contributed by atoms with van der Waals surface area (Å²) in [7, 11) is 2.13. The van der Waals surface area contributed by atoms with Gasteiger partial charge in [0.25, 0.3) is 0 Å². The predicted octanol–water partition coefficient (Wildman–Crippen LogP) is 3.21. The van der Waals surface area contributed by atoms with Gasteiger partial charge in [0, 0.05) is 19.3 Å². The highest BCUT2D eigenvalue weighted by Gasteiger charge is 2.17. The smallest absolute Gasteiger partial charge is 0.105 e. The van der Waals surface area contributed by atoms with Crippen molar-refractivity contribution in [2.75, 3.05) is 18.5 Å². The second-order valence-electron chi connectivity index (χ2n) is 4.87. The highest BCUT2D eigenvalue weighted by molar-refractivity contribution is 7.07. The molecule has 1 aliphatic heterocycles. The van der Waals surface area contributed by atoms with E-state index in [0.29, 0.717) is 0 Å². The molecule has 2 heterocycles. The van der Waals surface area contributed by atoms with Crippen molar-refractivity contribution >= 4 is 17.0 Å². The first-order valence-electron chi connectivity index (χ1n) is 6.30. The number of fused-ring (bicyclic) bond motifs is 1. The van der Waals surface area contributed by atoms with Gasteiger partial charge in [0.1, 0.15) is 6.10 Å². The molecule has 2 nitrogen and oxygen atoms in total. The third-order valence-electron chi connectivity index (χ3n) is 3.63. The van der Waals surface area contributed by atoms with E-state index in [1.807, 2.05) is 22.9 Å². The van der Waals surface area contributed by atoms with E-state index in [-0.39, 0.29) is 0 Å². The number of aliphatic hydroxyl groups excluding tert-OH is 1. The molecule has 0 spiro atoms. The summed E-state index contributed by atoms with van der Waals surface area (Å²) in [6.45, 7) is 1.12. The van der Waals surface area contributed by atoms with Gasteiger partial charge in [0.15, 0.2) is 0 Å². The predicted molar refractivity (Wildman–Crippen MR) is 76.4 cm³/mol. The average Bonchev–Trinajstić information content (AvgIpc) is 2.91. The van der Waals surface area contributed by atoms with E-state index in [9.17, 15) is 5.11 Å². The normalized spacial score (nSPS) is 16.4. The Kier molecular flexibility index (Phi) is 3.10. The van der Waals surface area contributed by atoms with E-state index >= 15 is 0 Å². The van der Waals surface area contributed by atoms with E-state index in [2.05, 4.69) is 24.1 Å². The molecule has 1 N–H and O–H groups in total. The quantitative estimate of drug-likeness (QED) is 0.895. The molecule has 0 saturated carbocycles. The molecule has 1 atom stereocenters. The zero-order valence-corrected chi connectivity index (χ0v) is 11.3. The molecule has 1 aliphatic rings. The molecule has 0 amide bonds. The van der Waals surface area contributed by atoms with Crippen molar-refractivity contribution in [2.24, 2.45) is 0 Å². The fraction of sp³-hybridized carbons (Fsp3) is 0.333. The van der Waals surface area contributed by atoms with E-state index in [1.165, 1.54) is 17.7 Å². The lowest BCUT2D eigenvalue weighted by Crippen LogP contribution is -2.24. The Hall–Kier alpha value is -1.32. The first-order valence-corrected chi connectivity index (χ1v) is 7.24. The molecule has 18 heavy (non-hydrogen) atoms. The molecule has 0 aliphatic carbocycles. The Morgan fingerprint density at radius 1 is 1.28 bits per heavy atom. The highest BCUT2D eigenvalue weighted by atomic mass is 32.1. The summed E-state index contributed by atoms with van der Waals surface area (Å²) >= 11 is 1.62.